The Bertz CT molecular complexity index is 707. The zero-order chi connectivity index (χ0) is 20.3. The second-order valence-corrected chi connectivity index (χ2v) is 7.89. The number of ether oxygens (including phenoxy) is 2. The first-order valence-corrected chi connectivity index (χ1v) is 10.9. The summed E-state index contributed by atoms with van der Waals surface area (Å²) in [5.74, 6) is 2.13. The predicted molar refractivity (Wildman–Crippen MR) is 109 cm³/mol. The second kappa shape index (κ2) is 11.7. The van der Waals surface area contributed by atoms with E-state index in [9.17, 15) is 8.42 Å². The molecule has 0 amide bonds. The van der Waals surface area contributed by atoms with Crippen molar-refractivity contribution < 1.29 is 17.9 Å². The van der Waals surface area contributed by atoms with Gasteiger partial charge in [-0.3, -0.25) is 0 Å². The van der Waals surface area contributed by atoms with Crippen molar-refractivity contribution in [1.82, 2.24) is 14.9 Å². The molecule has 1 aromatic rings. The molecule has 2 N–H and O–H groups in total. The third-order valence-corrected chi connectivity index (χ3v) is 5.32. The first kappa shape index (κ1) is 23.0. The maximum atomic E-state index is 11.6. The Morgan fingerprint density at radius 3 is 2.48 bits per heavy atom. The van der Waals surface area contributed by atoms with E-state index in [0.717, 1.165) is 23.6 Å². The molecule has 154 valence electrons. The summed E-state index contributed by atoms with van der Waals surface area (Å²) in [6.45, 7) is 6.59. The quantitative estimate of drug-likeness (QED) is 0.332. The van der Waals surface area contributed by atoms with E-state index in [2.05, 4.69) is 15.6 Å². The van der Waals surface area contributed by atoms with E-state index in [1.165, 1.54) is 10.6 Å². The van der Waals surface area contributed by atoms with Crippen molar-refractivity contribution in [3.05, 3.63) is 23.8 Å². The molecule has 0 atom stereocenters. The van der Waals surface area contributed by atoms with Gasteiger partial charge in [0.25, 0.3) is 0 Å². The Kier molecular flexibility index (Phi) is 9.95. The van der Waals surface area contributed by atoms with Crippen molar-refractivity contribution in [2.75, 3.05) is 46.7 Å². The number of hydrogen-bond donors (Lipinski definition) is 2. The fourth-order valence-corrected chi connectivity index (χ4v) is 3.44. The van der Waals surface area contributed by atoms with Gasteiger partial charge in [0, 0.05) is 37.8 Å². The Hall–Kier alpha value is -2.00. The Morgan fingerprint density at radius 1 is 1.19 bits per heavy atom. The van der Waals surface area contributed by atoms with Gasteiger partial charge in [0.2, 0.25) is 10.0 Å². The van der Waals surface area contributed by atoms with Gasteiger partial charge in [-0.15, -0.1) is 0 Å². The van der Waals surface area contributed by atoms with Crippen LogP contribution in [0.25, 0.3) is 0 Å². The van der Waals surface area contributed by atoms with Gasteiger partial charge in [-0.05, 0) is 25.5 Å². The third-order valence-electron chi connectivity index (χ3n) is 3.94. The summed E-state index contributed by atoms with van der Waals surface area (Å²) in [7, 11) is 0.0820. The molecule has 0 unspecified atom stereocenters. The van der Waals surface area contributed by atoms with Gasteiger partial charge in [0.15, 0.2) is 5.96 Å². The Morgan fingerprint density at radius 2 is 1.93 bits per heavy atom. The summed E-state index contributed by atoms with van der Waals surface area (Å²) in [6.07, 6.45) is 1.93. The summed E-state index contributed by atoms with van der Waals surface area (Å²) >= 11 is 0. The van der Waals surface area contributed by atoms with Gasteiger partial charge >= 0.3 is 0 Å². The molecule has 0 spiro atoms. The number of sulfonamides is 1. The van der Waals surface area contributed by atoms with Gasteiger partial charge in [-0.2, -0.15) is 0 Å². The maximum Gasteiger partial charge on any atom is 0.211 e. The minimum atomic E-state index is -3.15. The van der Waals surface area contributed by atoms with E-state index in [1.54, 1.807) is 14.2 Å². The standard InChI is InChI=1S/C18H32N4O4S/c1-6-19-18(20-11-8-12-22(7-2)27(5,23)24)21-14-15-9-10-16(25-3)13-17(15)26-4/h9-10,13H,6-8,11-12,14H2,1-5H3,(H2,19,20,21). The number of hydrogen-bond acceptors (Lipinski definition) is 5. The van der Waals surface area contributed by atoms with E-state index in [4.69, 9.17) is 9.47 Å². The van der Waals surface area contributed by atoms with Crippen LogP contribution in [0.4, 0.5) is 0 Å². The molecular weight excluding hydrogens is 368 g/mol. The smallest absolute Gasteiger partial charge is 0.211 e. The SMILES string of the molecule is CCNC(=NCc1ccc(OC)cc1OC)NCCCN(CC)S(C)(=O)=O. The van der Waals surface area contributed by atoms with Crippen LogP contribution in [0.2, 0.25) is 0 Å². The van der Waals surface area contributed by atoms with E-state index in [0.29, 0.717) is 38.6 Å². The molecule has 0 aliphatic carbocycles. The molecule has 0 saturated heterocycles. The molecule has 0 aromatic heterocycles. The molecule has 1 aromatic carbocycles. The molecule has 8 nitrogen and oxygen atoms in total. The summed E-state index contributed by atoms with van der Waals surface area (Å²) < 4.78 is 35.3. The second-order valence-electron chi connectivity index (χ2n) is 5.91. The van der Waals surface area contributed by atoms with Crippen LogP contribution in [0.3, 0.4) is 0 Å². The molecule has 0 aliphatic heterocycles. The molecule has 1 rings (SSSR count). The number of benzene rings is 1. The summed E-state index contributed by atoms with van der Waals surface area (Å²) in [5.41, 5.74) is 0.949. The summed E-state index contributed by atoms with van der Waals surface area (Å²) in [6, 6.07) is 5.63. The lowest BCUT2D eigenvalue weighted by molar-refractivity contribution is 0.391. The lowest BCUT2D eigenvalue weighted by Crippen LogP contribution is -2.39. The first-order chi connectivity index (χ1) is 12.8. The highest BCUT2D eigenvalue weighted by atomic mass is 32.2. The fourth-order valence-electron chi connectivity index (χ4n) is 2.51. The van der Waals surface area contributed by atoms with Crippen molar-refractivity contribution in [1.29, 1.82) is 0 Å². The molecule has 9 heteroatoms. The van der Waals surface area contributed by atoms with Crippen LogP contribution in [-0.4, -0.2) is 65.3 Å². The van der Waals surface area contributed by atoms with Gasteiger partial charge in [0.1, 0.15) is 11.5 Å². The predicted octanol–water partition coefficient (Wildman–Crippen LogP) is 1.43. The average molecular weight is 401 g/mol. The number of nitrogens with one attached hydrogen (secondary N) is 2. The monoisotopic (exact) mass is 400 g/mol. The summed E-state index contributed by atoms with van der Waals surface area (Å²) in [5, 5.41) is 6.42. The van der Waals surface area contributed by atoms with E-state index in [1.807, 2.05) is 32.0 Å². The van der Waals surface area contributed by atoms with Crippen molar-refractivity contribution in [3.8, 4) is 11.5 Å². The topological polar surface area (TPSA) is 92.3 Å². The van der Waals surface area contributed by atoms with Crippen molar-refractivity contribution in [3.63, 3.8) is 0 Å². The molecule has 0 fully saturated rings. The normalized spacial score (nSPS) is 12.1. The largest absolute Gasteiger partial charge is 0.497 e. The Balaban J connectivity index is 2.65. The van der Waals surface area contributed by atoms with Gasteiger partial charge < -0.3 is 20.1 Å². The van der Waals surface area contributed by atoms with E-state index in [-0.39, 0.29) is 0 Å². The molecule has 27 heavy (non-hydrogen) atoms. The van der Waals surface area contributed by atoms with Crippen LogP contribution in [0.1, 0.15) is 25.8 Å². The van der Waals surface area contributed by atoms with E-state index >= 15 is 0 Å². The highest BCUT2D eigenvalue weighted by Crippen LogP contribution is 2.25. The number of nitrogens with zero attached hydrogens (tertiary/aromatic N) is 2. The van der Waals surface area contributed by atoms with Crippen LogP contribution in [0.5, 0.6) is 11.5 Å². The minimum absolute atomic E-state index is 0.451. The van der Waals surface area contributed by atoms with Crippen LogP contribution < -0.4 is 20.1 Å². The lowest BCUT2D eigenvalue weighted by atomic mass is 10.2. The van der Waals surface area contributed by atoms with E-state index < -0.39 is 10.0 Å². The van der Waals surface area contributed by atoms with Crippen molar-refractivity contribution in [2.24, 2.45) is 4.99 Å². The van der Waals surface area contributed by atoms with Crippen molar-refractivity contribution in [2.45, 2.75) is 26.8 Å². The minimum Gasteiger partial charge on any atom is -0.497 e. The van der Waals surface area contributed by atoms with Gasteiger partial charge in [-0.25, -0.2) is 17.7 Å². The van der Waals surface area contributed by atoms with Gasteiger partial charge in [0.05, 0.1) is 27.0 Å². The molecular formula is C18H32N4O4S. The fraction of sp³-hybridized carbons (Fsp3) is 0.611. The number of aliphatic imine (C=N–C) groups is 1. The average Bonchev–Trinajstić information content (AvgIpc) is 2.64. The van der Waals surface area contributed by atoms with Gasteiger partial charge in [-0.1, -0.05) is 6.92 Å². The third kappa shape index (κ3) is 8.04. The van der Waals surface area contributed by atoms with Crippen molar-refractivity contribution >= 4 is 16.0 Å². The highest BCUT2D eigenvalue weighted by molar-refractivity contribution is 7.88. The molecule has 0 aliphatic rings. The molecule has 0 heterocycles. The zero-order valence-electron chi connectivity index (χ0n) is 16.9. The molecule has 0 saturated carbocycles. The molecule has 0 bridgehead atoms. The van der Waals surface area contributed by atoms with Crippen LogP contribution >= 0.6 is 0 Å². The maximum absolute atomic E-state index is 11.6. The summed E-state index contributed by atoms with van der Waals surface area (Å²) in [4.78, 5) is 4.58. The first-order valence-electron chi connectivity index (χ1n) is 9.03. The zero-order valence-corrected chi connectivity index (χ0v) is 17.7. The highest BCUT2D eigenvalue weighted by Gasteiger charge is 2.13. The van der Waals surface area contributed by atoms with Crippen LogP contribution in [0.15, 0.2) is 23.2 Å². The number of rotatable bonds is 11. The van der Waals surface area contributed by atoms with Crippen LogP contribution in [0, 0.1) is 0 Å². The number of guanidine groups is 1. The lowest BCUT2D eigenvalue weighted by Gasteiger charge is -2.18. The van der Waals surface area contributed by atoms with Crippen LogP contribution in [-0.2, 0) is 16.6 Å². The molecule has 0 radical (unpaired) electrons. The Labute approximate surface area is 163 Å². The number of methoxy groups -OCH3 is 2.